The summed E-state index contributed by atoms with van der Waals surface area (Å²) in [6.45, 7) is 0. The van der Waals surface area contributed by atoms with Gasteiger partial charge in [0.25, 0.3) is 0 Å². The summed E-state index contributed by atoms with van der Waals surface area (Å²) in [6.07, 6.45) is 2.06. The van der Waals surface area contributed by atoms with Gasteiger partial charge < -0.3 is 5.73 Å². The Morgan fingerprint density at radius 2 is 2.30 bits per heavy atom. The van der Waals surface area contributed by atoms with Crippen LogP contribution in [0.15, 0.2) is 37.5 Å². The Balaban J connectivity index is 1.90. The molecule has 1 saturated carbocycles. The standard InChI is InChI=1S/C12H12BrN5OS/c13-9-5-7(3-4-8(9)10(14)15)20-12-17-16-11(19)18(12)6-1-2-6/h3-6H,1-2H2,(H3,14,15)(H,16,19). The summed E-state index contributed by atoms with van der Waals surface area (Å²) in [5.41, 5.74) is 5.97. The number of nitrogens with one attached hydrogen (secondary N) is 2. The maximum absolute atomic E-state index is 11.7. The van der Waals surface area contributed by atoms with Gasteiger partial charge in [-0.25, -0.2) is 9.89 Å². The highest BCUT2D eigenvalue weighted by molar-refractivity contribution is 9.10. The minimum Gasteiger partial charge on any atom is -0.384 e. The van der Waals surface area contributed by atoms with Gasteiger partial charge in [-0.2, -0.15) is 0 Å². The van der Waals surface area contributed by atoms with Crippen LogP contribution in [0.25, 0.3) is 0 Å². The van der Waals surface area contributed by atoms with E-state index in [2.05, 4.69) is 26.1 Å². The molecule has 6 nitrogen and oxygen atoms in total. The predicted molar refractivity (Wildman–Crippen MR) is 80.4 cm³/mol. The van der Waals surface area contributed by atoms with Crippen LogP contribution in [0.5, 0.6) is 0 Å². The van der Waals surface area contributed by atoms with Crippen molar-refractivity contribution >= 4 is 33.5 Å². The molecule has 0 bridgehead atoms. The molecule has 8 heteroatoms. The third-order valence-corrected chi connectivity index (χ3v) is 4.64. The van der Waals surface area contributed by atoms with Crippen LogP contribution < -0.4 is 11.4 Å². The lowest BCUT2D eigenvalue weighted by molar-refractivity contribution is 0.642. The van der Waals surface area contributed by atoms with Crippen LogP contribution in [0.3, 0.4) is 0 Å². The van der Waals surface area contributed by atoms with Crippen molar-refractivity contribution in [3.63, 3.8) is 0 Å². The Morgan fingerprint density at radius 3 is 2.90 bits per heavy atom. The lowest BCUT2D eigenvalue weighted by Gasteiger charge is -2.06. The second-order valence-corrected chi connectivity index (χ2v) is 6.46. The van der Waals surface area contributed by atoms with Crippen LogP contribution in [0, 0.1) is 5.41 Å². The maximum atomic E-state index is 11.7. The van der Waals surface area contributed by atoms with Gasteiger partial charge in [-0.3, -0.25) is 9.98 Å². The van der Waals surface area contributed by atoms with Crippen molar-refractivity contribution in [3.05, 3.63) is 38.7 Å². The van der Waals surface area contributed by atoms with Gasteiger partial charge in [-0.1, -0.05) is 0 Å². The van der Waals surface area contributed by atoms with E-state index < -0.39 is 0 Å². The Bertz CT molecular complexity index is 734. The third kappa shape index (κ3) is 2.53. The number of amidine groups is 1. The average Bonchev–Trinajstić information content (AvgIpc) is 3.15. The fraction of sp³-hybridized carbons (Fsp3) is 0.250. The molecule has 3 rings (SSSR count). The van der Waals surface area contributed by atoms with E-state index in [1.54, 1.807) is 10.6 Å². The van der Waals surface area contributed by atoms with Gasteiger partial charge in [0.2, 0.25) is 0 Å². The Kier molecular flexibility index (Phi) is 3.43. The minimum atomic E-state index is -0.158. The molecular formula is C12H12BrN5OS. The summed E-state index contributed by atoms with van der Waals surface area (Å²) in [5.74, 6) is 0.0167. The van der Waals surface area contributed by atoms with Gasteiger partial charge in [0.05, 0.1) is 0 Å². The second-order valence-electron chi connectivity index (χ2n) is 4.57. The molecule has 1 aromatic carbocycles. The van der Waals surface area contributed by atoms with Gasteiger partial charge in [0.1, 0.15) is 5.84 Å². The van der Waals surface area contributed by atoms with Crippen LogP contribution in [-0.4, -0.2) is 20.6 Å². The van der Waals surface area contributed by atoms with Crippen molar-refractivity contribution in [1.82, 2.24) is 14.8 Å². The van der Waals surface area contributed by atoms with E-state index in [9.17, 15) is 4.79 Å². The molecule has 1 fully saturated rings. The van der Waals surface area contributed by atoms with E-state index >= 15 is 0 Å². The van der Waals surface area contributed by atoms with E-state index in [0.717, 1.165) is 22.2 Å². The first kappa shape index (κ1) is 13.4. The van der Waals surface area contributed by atoms with Crippen LogP contribution in [0.1, 0.15) is 24.4 Å². The fourth-order valence-corrected chi connectivity index (χ4v) is 3.59. The zero-order chi connectivity index (χ0) is 14.3. The van der Waals surface area contributed by atoms with Crippen LogP contribution >= 0.6 is 27.7 Å². The zero-order valence-corrected chi connectivity index (χ0v) is 12.8. The molecule has 0 saturated heterocycles. The highest BCUT2D eigenvalue weighted by atomic mass is 79.9. The molecule has 20 heavy (non-hydrogen) atoms. The third-order valence-electron chi connectivity index (χ3n) is 3.02. The average molecular weight is 354 g/mol. The number of H-pyrrole nitrogens is 1. The van der Waals surface area contributed by atoms with Gasteiger partial charge in [0, 0.05) is 21.0 Å². The molecule has 0 amide bonds. The fourth-order valence-electron chi connectivity index (χ4n) is 1.90. The summed E-state index contributed by atoms with van der Waals surface area (Å²) in [6, 6.07) is 5.80. The van der Waals surface area contributed by atoms with E-state index in [4.69, 9.17) is 11.1 Å². The summed E-state index contributed by atoms with van der Waals surface area (Å²) in [5, 5.41) is 14.7. The van der Waals surface area contributed by atoms with Crippen molar-refractivity contribution in [2.45, 2.75) is 28.9 Å². The van der Waals surface area contributed by atoms with E-state index in [1.165, 1.54) is 11.8 Å². The first-order valence-electron chi connectivity index (χ1n) is 6.05. The molecule has 1 heterocycles. The quantitative estimate of drug-likeness (QED) is 0.578. The van der Waals surface area contributed by atoms with Crippen molar-refractivity contribution in [2.24, 2.45) is 5.73 Å². The Labute approximate surface area is 127 Å². The Hall–Kier alpha value is -1.54. The van der Waals surface area contributed by atoms with Gasteiger partial charge in [-0.15, -0.1) is 5.10 Å². The lowest BCUT2D eigenvalue weighted by atomic mass is 10.2. The van der Waals surface area contributed by atoms with Crippen LogP contribution in [0.4, 0.5) is 0 Å². The van der Waals surface area contributed by atoms with Crippen LogP contribution in [-0.2, 0) is 0 Å². The number of benzene rings is 1. The largest absolute Gasteiger partial charge is 0.384 e. The van der Waals surface area contributed by atoms with Crippen molar-refractivity contribution in [1.29, 1.82) is 5.41 Å². The number of aromatic nitrogens is 3. The predicted octanol–water partition coefficient (Wildman–Crippen LogP) is 2.10. The second kappa shape index (κ2) is 5.10. The molecule has 4 N–H and O–H groups in total. The summed E-state index contributed by atoms with van der Waals surface area (Å²) in [7, 11) is 0. The highest BCUT2D eigenvalue weighted by Gasteiger charge is 2.28. The molecule has 0 aliphatic heterocycles. The normalized spacial score (nSPS) is 14.4. The smallest absolute Gasteiger partial charge is 0.344 e. The molecule has 0 spiro atoms. The van der Waals surface area contributed by atoms with E-state index in [1.807, 2.05) is 12.1 Å². The summed E-state index contributed by atoms with van der Waals surface area (Å²) >= 11 is 4.81. The highest BCUT2D eigenvalue weighted by Crippen LogP contribution is 2.38. The number of rotatable bonds is 4. The Morgan fingerprint density at radius 1 is 1.55 bits per heavy atom. The van der Waals surface area contributed by atoms with Gasteiger partial charge in [-0.05, 0) is 58.7 Å². The first-order chi connectivity index (χ1) is 9.56. The lowest BCUT2D eigenvalue weighted by Crippen LogP contribution is -2.16. The zero-order valence-electron chi connectivity index (χ0n) is 10.4. The topological polar surface area (TPSA) is 101 Å². The van der Waals surface area contributed by atoms with Crippen molar-refractivity contribution in [2.75, 3.05) is 0 Å². The number of nitrogens with zero attached hydrogens (tertiary/aromatic N) is 2. The van der Waals surface area contributed by atoms with Gasteiger partial charge >= 0.3 is 5.69 Å². The number of hydrogen-bond donors (Lipinski definition) is 3. The molecule has 1 aromatic heterocycles. The summed E-state index contributed by atoms with van der Waals surface area (Å²) < 4.78 is 2.46. The van der Waals surface area contributed by atoms with Crippen molar-refractivity contribution in [3.8, 4) is 0 Å². The van der Waals surface area contributed by atoms with Crippen LogP contribution in [0.2, 0.25) is 0 Å². The van der Waals surface area contributed by atoms with Gasteiger partial charge in [0.15, 0.2) is 5.16 Å². The van der Waals surface area contributed by atoms with E-state index in [0.29, 0.717) is 10.7 Å². The molecule has 0 atom stereocenters. The number of nitrogen functional groups attached to an aromatic ring is 1. The molecule has 104 valence electrons. The van der Waals surface area contributed by atoms with Crippen molar-refractivity contribution < 1.29 is 0 Å². The number of aromatic amines is 1. The molecule has 0 unspecified atom stereocenters. The first-order valence-corrected chi connectivity index (χ1v) is 7.66. The molecule has 1 aliphatic rings. The molecule has 1 aliphatic carbocycles. The number of hydrogen-bond acceptors (Lipinski definition) is 4. The summed E-state index contributed by atoms with van der Waals surface area (Å²) in [4.78, 5) is 12.6. The molecular weight excluding hydrogens is 342 g/mol. The number of halogens is 1. The maximum Gasteiger partial charge on any atom is 0.344 e. The molecule has 0 radical (unpaired) electrons. The SMILES string of the molecule is N=C(N)c1ccc(Sc2n[nH]c(=O)n2C2CC2)cc1Br. The molecule has 2 aromatic rings. The minimum absolute atomic E-state index is 0.0167. The van der Waals surface area contributed by atoms with E-state index in [-0.39, 0.29) is 17.6 Å². The monoisotopic (exact) mass is 353 g/mol. The number of nitrogens with two attached hydrogens (primary N) is 1.